The monoisotopic (exact) mass is 468 g/mol. The maximum atomic E-state index is 12.9. The van der Waals surface area contributed by atoms with Gasteiger partial charge in [0.25, 0.3) is 5.91 Å². The van der Waals surface area contributed by atoms with E-state index in [1.165, 1.54) is 26.4 Å². The molecule has 3 aromatic rings. The van der Waals surface area contributed by atoms with E-state index in [1.807, 2.05) is 30.3 Å². The van der Waals surface area contributed by atoms with Gasteiger partial charge < -0.3 is 25.1 Å². The molecule has 1 aromatic heterocycles. The number of hydrogen-bond acceptors (Lipinski definition) is 8. The second-order valence-electron chi connectivity index (χ2n) is 7.75. The third kappa shape index (κ3) is 4.42. The Hall–Kier alpha value is -3.43. The molecule has 9 heteroatoms. The van der Waals surface area contributed by atoms with Crippen LogP contribution in [0.25, 0.3) is 10.4 Å². The number of rotatable bonds is 9. The number of thiazole rings is 1. The van der Waals surface area contributed by atoms with Crippen molar-refractivity contribution in [3.63, 3.8) is 0 Å². The molecule has 0 bridgehead atoms. The summed E-state index contributed by atoms with van der Waals surface area (Å²) in [4.78, 5) is 30.3. The number of methoxy groups -OCH3 is 2. The van der Waals surface area contributed by atoms with Crippen LogP contribution in [0, 0.1) is 5.92 Å². The van der Waals surface area contributed by atoms with Gasteiger partial charge in [-0.1, -0.05) is 36.4 Å². The number of amides is 1. The van der Waals surface area contributed by atoms with E-state index in [2.05, 4.69) is 4.98 Å². The molecule has 1 amide bonds. The largest absolute Gasteiger partial charge is 0.493 e. The van der Waals surface area contributed by atoms with E-state index in [9.17, 15) is 14.7 Å². The van der Waals surface area contributed by atoms with Gasteiger partial charge in [0, 0.05) is 5.56 Å². The van der Waals surface area contributed by atoms with Crippen molar-refractivity contribution < 1.29 is 28.9 Å². The number of carbonyl (C=O) groups excluding carboxylic acids is 2. The van der Waals surface area contributed by atoms with Crippen LogP contribution in [0.4, 0.5) is 0 Å². The number of carbonyl (C=O) groups is 2. The lowest BCUT2D eigenvalue weighted by Gasteiger charge is -2.23. The molecule has 0 radical (unpaired) electrons. The fourth-order valence-electron chi connectivity index (χ4n) is 3.38. The molecule has 172 valence electrons. The molecule has 3 N–H and O–H groups in total. The number of ether oxygens (including phenoxy) is 3. The lowest BCUT2D eigenvalue weighted by molar-refractivity contribution is -0.133. The molecule has 1 unspecified atom stereocenters. The zero-order valence-electron chi connectivity index (χ0n) is 18.2. The summed E-state index contributed by atoms with van der Waals surface area (Å²) in [5.41, 5.74) is 4.24. The number of nitrogens with two attached hydrogens (primary N) is 1. The average Bonchev–Trinajstić information content (AvgIpc) is 3.57. The minimum absolute atomic E-state index is 0.0296. The van der Waals surface area contributed by atoms with Gasteiger partial charge in [-0.2, -0.15) is 0 Å². The fraction of sp³-hybridized carbons (Fsp3) is 0.292. The van der Waals surface area contributed by atoms with Crippen molar-refractivity contribution in [3.05, 3.63) is 64.8 Å². The SMILES string of the molecule is COc1ccc(C(O)(C(N)=O)c2nc(C(=O)OCC3CC3)c(-c3ccccc3)s2)cc1OC. The number of aliphatic hydroxyl groups is 1. The molecule has 2 aromatic carbocycles. The summed E-state index contributed by atoms with van der Waals surface area (Å²) in [5.74, 6) is -0.551. The van der Waals surface area contributed by atoms with Gasteiger partial charge >= 0.3 is 5.97 Å². The Bertz CT molecular complexity index is 1170. The summed E-state index contributed by atoms with van der Waals surface area (Å²) >= 11 is 1.01. The normalized spacial score (nSPS) is 14.9. The van der Waals surface area contributed by atoms with Crippen molar-refractivity contribution in [1.82, 2.24) is 4.98 Å². The summed E-state index contributed by atoms with van der Waals surface area (Å²) in [5, 5.41) is 11.5. The van der Waals surface area contributed by atoms with E-state index in [1.54, 1.807) is 6.07 Å². The fourth-order valence-corrected chi connectivity index (χ4v) is 4.55. The van der Waals surface area contributed by atoms with E-state index in [-0.39, 0.29) is 16.3 Å². The standard InChI is InChI=1S/C24H24N2O6S/c1-30-17-11-10-16(12-18(17)31-2)24(29,22(25)28)23-26-19(21(27)32-13-14-8-9-14)20(33-23)15-6-4-3-5-7-15/h3-7,10-12,14,29H,8-9,13H2,1-2H3,(H2,25,28). The number of aromatic nitrogens is 1. The zero-order chi connectivity index (χ0) is 23.6. The molecule has 1 aliphatic carbocycles. The first-order chi connectivity index (χ1) is 15.9. The third-order valence-electron chi connectivity index (χ3n) is 5.47. The third-order valence-corrected chi connectivity index (χ3v) is 6.68. The van der Waals surface area contributed by atoms with Gasteiger partial charge in [0.2, 0.25) is 5.60 Å². The van der Waals surface area contributed by atoms with Crippen LogP contribution >= 0.6 is 11.3 Å². The number of benzene rings is 2. The number of hydrogen-bond donors (Lipinski definition) is 2. The van der Waals surface area contributed by atoms with Gasteiger partial charge in [-0.25, -0.2) is 9.78 Å². The molecule has 1 fully saturated rings. The van der Waals surface area contributed by atoms with Gasteiger partial charge in [-0.3, -0.25) is 4.79 Å². The van der Waals surface area contributed by atoms with Gasteiger partial charge in [-0.15, -0.1) is 11.3 Å². The lowest BCUT2D eigenvalue weighted by atomic mass is 9.93. The number of esters is 1. The Morgan fingerprint density at radius 3 is 2.42 bits per heavy atom. The lowest BCUT2D eigenvalue weighted by Crippen LogP contribution is -2.42. The van der Waals surface area contributed by atoms with Crippen LogP contribution in [0.2, 0.25) is 0 Å². The molecule has 1 heterocycles. The Balaban J connectivity index is 1.83. The van der Waals surface area contributed by atoms with Crippen molar-refractivity contribution in [2.24, 2.45) is 11.7 Å². The molecular formula is C24H24N2O6S. The minimum Gasteiger partial charge on any atom is -0.493 e. The van der Waals surface area contributed by atoms with Crippen LogP contribution in [0.5, 0.6) is 11.5 Å². The molecule has 0 aliphatic heterocycles. The highest BCUT2D eigenvalue weighted by atomic mass is 32.1. The Labute approximate surface area is 194 Å². The van der Waals surface area contributed by atoms with E-state index >= 15 is 0 Å². The molecular weight excluding hydrogens is 444 g/mol. The van der Waals surface area contributed by atoms with Gasteiger partial charge in [0.05, 0.1) is 25.7 Å². The van der Waals surface area contributed by atoms with E-state index in [0.717, 1.165) is 24.2 Å². The molecule has 4 rings (SSSR count). The quantitative estimate of drug-likeness (QED) is 0.463. The maximum Gasteiger partial charge on any atom is 0.358 e. The van der Waals surface area contributed by atoms with Crippen LogP contribution in [-0.4, -0.2) is 42.8 Å². The first-order valence-corrected chi connectivity index (χ1v) is 11.2. The number of nitrogens with zero attached hydrogens (tertiary/aromatic N) is 1. The first kappa shape index (κ1) is 22.8. The molecule has 0 spiro atoms. The van der Waals surface area contributed by atoms with E-state index in [4.69, 9.17) is 19.9 Å². The molecule has 8 nitrogen and oxygen atoms in total. The Kier molecular flexibility index (Phi) is 6.35. The summed E-state index contributed by atoms with van der Waals surface area (Å²) in [6, 6.07) is 13.6. The molecule has 1 atom stereocenters. The van der Waals surface area contributed by atoms with Crippen molar-refractivity contribution >= 4 is 23.2 Å². The number of primary amides is 1. The van der Waals surface area contributed by atoms with Crippen molar-refractivity contribution in [1.29, 1.82) is 0 Å². The van der Waals surface area contributed by atoms with Crippen molar-refractivity contribution in [3.8, 4) is 21.9 Å². The predicted octanol–water partition coefficient (Wildman–Crippen LogP) is 3.12. The Morgan fingerprint density at radius 2 is 1.82 bits per heavy atom. The molecule has 1 aliphatic rings. The summed E-state index contributed by atoms with van der Waals surface area (Å²) < 4.78 is 16.0. The van der Waals surface area contributed by atoms with Crippen LogP contribution in [0.15, 0.2) is 48.5 Å². The van der Waals surface area contributed by atoms with Crippen LogP contribution in [-0.2, 0) is 15.1 Å². The van der Waals surface area contributed by atoms with Crippen LogP contribution in [0.1, 0.15) is 33.9 Å². The highest BCUT2D eigenvalue weighted by molar-refractivity contribution is 7.15. The van der Waals surface area contributed by atoms with Gasteiger partial charge in [0.1, 0.15) is 5.01 Å². The second kappa shape index (κ2) is 9.21. The molecule has 1 saturated carbocycles. The highest BCUT2D eigenvalue weighted by Gasteiger charge is 2.43. The van der Waals surface area contributed by atoms with E-state index < -0.39 is 17.5 Å². The second-order valence-corrected chi connectivity index (χ2v) is 8.75. The zero-order valence-corrected chi connectivity index (χ0v) is 19.1. The molecule has 0 saturated heterocycles. The Morgan fingerprint density at radius 1 is 1.12 bits per heavy atom. The van der Waals surface area contributed by atoms with Crippen LogP contribution in [0.3, 0.4) is 0 Å². The summed E-state index contributed by atoms with van der Waals surface area (Å²) in [6.45, 7) is 0.315. The van der Waals surface area contributed by atoms with Gasteiger partial charge in [0.15, 0.2) is 17.2 Å². The summed E-state index contributed by atoms with van der Waals surface area (Å²) in [6.07, 6.45) is 2.06. The smallest absolute Gasteiger partial charge is 0.358 e. The first-order valence-electron chi connectivity index (χ1n) is 10.4. The van der Waals surface area contributed by atoms with Gasteiger partial charge in [-0.05, 0) is 36.5 Å². The molecule has 33 heavy (non-hydrogen) atoms. The van der Waals surface area contributed by atoms with Crippen molar-refractivity contribution in [2.45, 2.75) is 18.4 Å². The minimum atomic E-state index is -2.30. The van der Waals surface area contributed by atoms with Crippen LogP contribution < -0.4 is 15.2 Å². The predicted molar refractivity (Wildman–Crippen MR) is 122 cm³/mol. The highest BCUT2D eigenvalue weighted by Crippen LogP contribution is 2.41. The summed E-state index contributed by atoms with van der Waals surface area (Å²) in [7, 11) is 2.92. The van der Waals surface area contributed by atoms with E-state index in [0.29, 0.717) is 34.5 Å². The average molecular weight is 469 g/mol. The van der Waals surface area contributed by atoms with Crippen molar-refractivity contribution in [2.75, 3.05) is 20.8 Å². The maximum absolute atomic E-state index is 12.9. The topological polar surface area (TPSA) is 121 Å².